The molecule has 0 spiro atoms. The molecule has 27 heavy (non-hydrogen) atoms. The van der Waals surface area contributed by atoms with Gasteiger partial charge in [-0.15, -0.1) is 0 Å². The summed E-state index contributed by atoms with van der Waals surface area (Å²) in [5.41, 5.74) is 2.49. The van der Waals surface area contributed by atoms with E-state index in [1.54, 1.807) is 12.1 Å². The number of anilines is 1. The highest BCUT2D eigenvalue weighted by atomic mass is 16.2. The zero-order valence-corrected chi connectivity index (χ0v) is 16.2. The van der Waals surface area contributed by atoms with E-state index in [-0.39, 0.29) is 18.4 Å². The Balaban J connectivity index is 1.83. The molecule has 2 rings (SSSR count). The van der Waals surface area contributed by atoms with E-state index in [9.17, 15) is 9.59 Å². The monoisotopic (exact) mass is 367 g/mol. The van der Waals surface area contributed by atoms with E-state index >= 15 is 0 Å². The molecule has 0 unspecified atom stereocenters. The number of amides is 2. The zero-order valence-electron chi connectivity index (χ0n) is 16.2. The highest BCUT2D eigenvalue weighted by Crippen LogP contribution is 2.10. The number of nitrogens with one attached hydrogen (secondary N) is 2. The molecule has 0 aromatic heterocycles. The normalized spacial score (nSPS) is 10.3. The van der Waals surface area contributed by atoms with Gasteiger partial charge in [-0.05, 0) is 42.7 Å². The SMILES string of the molecule is CCCN(CCC)C(=O)CNc1ccc(C(=O)NCc2ccccc2)cc1. The molecule has 5 nitrogen and oxygen atoms in total. The van der Waals surface area contributed by atoms with E-state index in [1.165, 1.54) is 0 Å². The lowest BCUT2D eigenvalue weighted by atomic mass is 10.1. The largest absolute Gasteiger partial charge is 0.376 e. The quantitative estimate of drug-likeness (QED) is 0.673. The van der Waals surface area contributed by atoms with Crippen molar-refractivity contribution in [2.75, 3.05) is 25.0 Å². The third kappa shape index (κ3) is 6.77. The standard InChI is InChI=1S/C22H29N3O2/c1-3-14-25(15-4-2)21(26)17-23-20-12-10-19(11-13-20)22(27)24-16-18-8-6-5-7-9-18/h5-13,23H,3-4,14-17H2,1-2H3,(H,24,27). The molecular formula is C22H29N3O2. The first-order valence-corrected chi connectivity index (χ1v) is 9.57. The predicted octanol–water partition coefficient (Wildman–Crippen LogP) is 3.68. The Morgan fingerprint density at radius 2 is 1.52 bits per heavy atom. The Hall–Kier alpha value is -2.82. The first kappa shape index (κ1) is 20.5. The van der Waals surface area contributed by atoms with Crippen molar-refractivity contribution in [1.82, 2.24) is 10.2 Å². The number of hydrogen-bond acceptors (Lipinski definition) is 3. The van der Waals surface area contributed by atoms with Gasteiger partial charge < -0.3 is 15.5 Å². The molecule has 2 aromatic carbocycles. The van der Waals surface area contributed by atoms with Gasteiger partial charge >= 0.3 is 0 Å². The van der Waals surface area contributed by atoms with Crippen LogP contribution in [-0.4, -0.2) is 36.3 Å². The summed E-state index contributed by atoms with van der Waals surface area (Å²) >= 11 is 0. The first-order valence-electron chi connectivity index (χ1n) is 9.57. The van der Waals surface area contributed by atoms with Crippen LogP contribution in [0.4, 0.5) is 5.69 Å². The fourth-order valence-electron chi connectivity index (χ4n) is 2.81. The third-order valence-electron chi connectivity index (χ3n) is 4.23. The Morgan fingerprint density at radius 3 is 2.11 bits per heavy atom. The molecule has 2 aromatic rings. The van der Waals surface area contributed by atoms with Gasteiger partial charge in [-0.2, -0.15) is 0 Å². The summed E-state index contributed by atoms with van der Waals surface area (Å²) < 4.78 is 0. The Morgan fingerprint density at radius 1 is 0.889 bits per heavy atom. The summed E-state index contributed by atoms with van der Waals surface area (Å²) in [6, 6.07) is 17.0. The minimum absolute atomic E-state index is 0.100. The molecule has 144 valence electrons. The molecule has 0 aliphatic rings. The van der Waals surface area contributed by atoms with Gasteiger partial charge in [0.25, 0.3) is 5.91 Å². The second kappa shape index (κ2) is 11.0. The average Bonchev–Trinajstić information content (AvgIpc) is 2.71. The molecule has 0 saturated carbocycles. The van der Waals surface area contributed by atoms with Crippen molar-refractivity contribution >= 4 is 17.5 Å². The summed E-state index contributed by atoms with van der Waals surface area (Å²) in [5, 5.41) is 6.05. The number of carbonyl (C=O) groups is 2. The van der Waals surface area contributed by atoms with Crippen LogP contribution in [-0.2, 0) is 11.3 Å². The Labute approximate surface area is 161 Å². The van der Waals surface area contributed by atoms with Crippen LogP contribution in [0.2, 0.25) is 0 Å². The summed E-state index contributed by atoms with van der Waals surface area (Å²) in [6.07, 6.45) is 1.91. The molecule has 0 aliphatic carbocycles. The molecule has 2 N–H and O–H groups in total. The number of benzene rings is 2. The van der Waals surface area contributed by atoms with Crippen LogP contribution in [0.1, 0.15) is 42.6 Å². The molecule has 0 heterocycles. The van der Waals surface area contributed by atoms with Crippen molar-refractivity contribution < 1.29 is 9.59 Å². The lowest BCUT2D eigenvalue weighted by Gasteiger charge is -2.21. The van der Waals surface area contributed by atoms with Crippen molar-refractivity contribution in [1.29, 1.82) is 0 Å². The minimum atomic E-state index is -0.112. The second-order valence-electron chi connectivity index (χ2n) is 6.48. The fraction of sp³-hybridized carbons (Fsp3) is 0.364. The molecule has 2 amide bonds. The van der Waals surface area contributed by atoms with Crippen LogP contribution >= 0.6 is 0 Å². The Bertz CT molecular complexity index is 708. The van der Waals surface area contributed by atoms with Gasteiger partial charge in [0.1, 0.15) is 0 Å². The van der Waals surface area contributed by atoms with Gasteiger partial charge in [0.05, 0.1) is 6.54 Å². The average molecular weight is 367 g/mol. The summed E-state index contributed by atoms with van der Waals surface area (Å²) in [4.78, 5) is 26.4. The minimum Gasteiger partial charge on any atom is -0.376 e. The van der Waals surface area contributed by atoms with Crippen LogP contribution in [0.25, 0.3) is 0 Å². The Kier molecular flexibility index (Phi) is 8.36. The van der Waals surface area contributed by atoms with E-state index in [2.05, 4.69) is 24.5 Å². The lowest BCUT2D eigenvalue weighted by Crippen LogP contribution is -2.36. The lowest BCUT2D eigenvalue weighted by molar-refractivity contribution is -0.129. The molecule has 0 aliphatic heterocycles. The van der Waals surface area contributed by atoms with Gasteiger partial charge in [-0.1, -0.05) is 44.2 Å². The molecule has 0 saturated heterocycles. The van der Waals surface area contributed by atoms with Crippen LogP contribution < -0.4 is 10.6 Å². The predicted molar refractivity (Wildman–Crippen MR) is 110 cm³/mol. The van der Waals surface area contributed by atoms with E-state index in [0.29, 0.717) is 12.1 Å². The number of rotatable bonds is 10. The topological polar surface area (TPSA) is 61.4 Å². The molecule has 5 heteroatoms. The molecule has 0 atom stereocenters. The van der Waals surface area contributed by atoms with Crippen molar-refractivity contribution in [3.05, 3.63) is 65.7 Å². The zero-order chi connectivity index (χ0) is 19.5. The summed E-state index contributed by atoms with van der Waals surface area (Å²) in [5.74, 6) is -0.0121. The molecule has 0 bridgehead atoms. The maximum absolute atomic E-state index is 12.3. The maximum Gasteiger partial charge on any atom is 0.251 e. The van der Waals surface area contributed by atoms with E-state index < -0.39 is 0 Å². The second-order valence-corrected chi connectivity index (χ2v) is 6.48. The van der Waals surface area contributed by atoms with Crippen LogP contribution in [0.5, 0.6) is 0 Å². The van der Waals surface area contributed by atoms with Gasteiger partial charge in [0.2, 0.25) is 5.91 Å². The van der Waals surface area contributed by atoms with Gasteiger partial charge in [-0.25, -0.2) is 0 Å². The number of hydrogen-bond donors (Lipinski definition) is 2. The van der Waals surface area contributed by atoms with Crippen molar-refractivity contribution in [2.24, 2.45) is 0 Å². The third-order valence-corrected chi connectivity index (χ3v) is 4.23. The van der Waals surface area contributed by atoms with E-state index in [1.807, 2.05) is 47.4 Å². The van der Waals surface area contributed by atoms with Crippen molar-refractivity contribution in [3.8, 4) is 0 Å². The van der Waals surface area contributed by atoms with Crippen LogP contribution in [0, 0.1) is 0 Å². The van der Waals surface area contributed by atoms with Crippen molar-refractivity contribution in [3.63, 3.8) is 0 Å². The van der Waals surface area contributed by atoms with Gasteiger partial charge in [0.15, 0.2) is 0 Å². The smallest absolute Gasteiger partial charge is 0.251 e. The summed E-state index contributed by atoms with van der Waals surface area (Å²) in [7, 11) is 0. The molecular weight excluding hydrogens is 338 g/mol. The van der Waals surface area contributed by atoms with Gasteiger partial charge in [-0.3, -0.25) is 9.59 Å². The molecule has 0 fully saturated rings. The number of carbonyl (C=O) groups excluding carboxylic acids is 2. The van der Waals surface area contributed by atoms with Gasteiger partial charge in [0, 0.05) is 30.9 Å². The summed E-state index contributed by atoms with van der Waals surface area (Å²) in [6.45, 7) is 6.48. The van der Waals surface area contributed by atoms with E-state index in [0.717, 1.165) is 37.2 Å². The highest BCUT2D eigenvalue weighted by Gasteiger charge is 2.11. The fourth-order valence-corrected chi connectivity index (χ4v) is 2.81. The van der Waals surface area contributed by atoms with Crippen LogP contribution in [0.3, 0.4) is 0 Å². The first-order chi connectivity index (χ1) is 13.1. The highest BCUT2D eigenvalue weighted by molar-refractivity contribution is 5.94. The van der Waals surface area contributed by atoms with E-state index in [4.69, 9.17) is 0 Å². The maximum atomic E-state index is 12.3. The van der Waals surface area contributed by atoms with Crippen molar-refractivity contribution in [2.45, 2.75) is 33.2 Å². The number of nitrogens with zero attached hydrogens (tertiary/aromatic N) is 1. The molecule has 0 radical (unpaired) electrons. The van der Waals surface area contributed by atoms with Crippen LogP contribution in [0.15, 0.2) is 54.6 Å².